The second-order valence-corrected chi connectivity index (χ2v) is 4.81. The summed E-state index contributed by atoms with van der Waals surface area (Å²) in [5.41, 5.74) is 11.0. The molecule has 1 unspecified atom stereocenters. The first-order chi connectivity index (χ1) is 8.60. The van der Waals surface area contributed by atoms with Crippen molar-refractivity contribution < 1.29 is 0 Å². The second-order valence-electron chi connectivity index (χ2n) is 4.81. The molecule has 0 saturated heterocycles. The number of rotatable bonds is 4. The normalized spacial score (nSPS) is 12.7. The third kappa shape index (κ3) is 2.79. The van der Waals surface area contributed by atoms with Crippen molar-refractivity contribution in [3.63, 3.8) is 0 Å². The highest BCUT2D eigenvalue weighted by Crippen LogP contribution is 2.17. The van der Waals surface area contributed by atoms with Crippen molar-refractivity contribution in [1.82, 2.24) is 9.78 Å². The Kier molecular flexibility index (Phi) is 3.82. The molecule has 0 bridgehead atoms. The smallest absolute Gasteiger partial charge is 0.0596 e. The Morgan fingerprint density at radius 2 is 1.94 bits per heavy atom. The lowest BCUT2D eigenvalue weighted by atomic mass is 10.0. The third-order valence-electron chi connectivity index (χ3n) is 3.34. The lowest BCUT2D eigenvalue weighted by molar-refractivity contribution is 0.639. The highest BCUT2D eigenvalue weighted by molar-refractivity contribution is 5.26. The summed E-state index contributed by atoms with van der Waals surface area (Å²) in [6.07, 6.45) is 1.89. The molecule has 0 amide bonds. The van der Waals surface area contributed by atoms with Gasteiger partial charge >= 0.3 is 0 Å². The molecule has 2 rings (SSSR count). The Morgan fingerprint density at radius 3 is 2.44 bits per heavy atom. The van der Waals surface area contributed by atoms with Gasteiger partial charge in [-0.3, -0.25) is 4.68 Å². The maximum absolute atomic E-state index is 6.26. The van der Waals surface area contributed by atoms with Crippen molar-refractivity contribution in [3.05, 3.63) is 52.8 Å². The van der Waals surface area contributed by atoms with E-state index in [0.717, 1.165) is 18.5 Å². The Hall–Kier alpha value is -1.61. The molecule has 18 heavy (non-hydrogen) atoms. The Morgan fingerprint density at radius 1 is 1.28 bits per heavy atom. The van der Waals surface area contributed by atoms with Crippen molar-refractivity contribution in [3.8, 4) is 0 Å². The first kappa shape index (κ1) is 12.8. The van der Waals surface area contributed by atoms with Gasteiger partial charge in [0.25, 0.3) is 0 Å². The van der Waals surface area contributed by atoms with Crippen molar-refractivity contribution in [2.45, 2.75) is 32.7 Å². The van der Waals surface area contributed by atoms with Gasteiger partial charge in [0.2, 0.25) is 0 Å². The lowest BCUT2D eigenvalue weighted by Crippen LogP contribution is -2.15. The minimum absolute atomic E-state index is 0.0331. The maximum atomic E-state index is 6.26. The molecule has 1 heterocycles. The lowest BCUT2D eigenvalue weighted by Gasteiger charge is -2.12. The van der Waals surface area contributed by atoms with Crippen LogP contribution >= 0.6 is 0 Å². The van der Waals surface area contributed by atoms with E-state index in [2.05, 4.69) is 42.4 Å². The number of aryl methyl sites for hydroxylation is 3. The molecular formula is C15H21N3. The first-order valence-electron chi connectivity index (χ1n) is 6.44. The fourth-order valence-corrected chi connectivity index (χ4v) is 2.20. The molecule has 2 aromatic rings. The van der Waals surface area contributed by atoms with Crippen LogP contribution in [0.25, 0.3) is 0 Å². The predicted molar refractivity (Wildman–Crippen MR) is 74.4 cm³/mol. The van der Waals surface area contributed by atoms with Crippen molar-refractivity contribution in [2.24, 2.45) is 12.8 Å². The molecule has 0 saturated carbocycles. The fourth-order valence-electron chi connectivity index (χ4n) is 2.20. The summed E-state index contributed by atoms with van der Waals surface area (Å²) in [6.45, 7) is 4.17. The van der Waals surface area contributed by atoms with Gasteiger partial charge in [-0.05, 0) is 30.5 Å². The van der Waals surface area contributed by atoms with E-state index in [1.54, 1.807) is 0 Å². The molecule has 1 aromatic carbocycles. The van der Waals surface area contributed by atoms with E-state index in [1.165, 1.54) is 16.8 Å². The molecular weight excluding hydrogens is 222 g/mol. The second kappa shape index (κ2) is 5.36. The quantitative estimate of drug-likeness (QED) is 0.896. The van der Waals surface area contributed by atoms with Crippen molar-refractivity contribution in [2.75, 3.05) is 0 Å². The van der Waals surface area contributed by atoms with Crippen LogP contribution in [0.2, 0.25) is 0 Å². The average Bonchev–Trinajstić information content (AvgIpc) is 2.68. The summed E-state index contributed by atoms with van der Waals surface area (Å²) < 4.78 is 1.91. The molecule has 1 atom stereocenters. The van der Waals surface area contributed by atoms with Crippen LogP contribution in [0.4, 0.5) is 0 Å². The van der Waals surface area contributed by atoms with Crippen LogP contribution in [-0.4, -0.2) is 9.78 Å². The van der Waals surface area contributed by atoms with Gasteiger partial charge in [0.05, 0.1) is 5.69 Å². The van der Waals surface area contributed by atoms with E-state index in [0.29, 0.717) is 0 Å². The van der Waals surface area contributed by atoms with Crippen LogP contribution in [-0.2, 0) is 19.9 Å². The highest BCUT2D eigenvalue weighted by atomic mass is 15.3. The number of nitrogens with two attached hydrogens (primary N) is 1. The molecule has 0 radical (unpaired) electrons. The zero-order chi connectivity index (χ0) is 13.1. The number of hydrogen-bond donors (Lipinski definition) is 1. The van der Waals surface area contributed by atoms with Crippen LogP contribution in [0, 0.1) is 6.92 Å². The Bertz CT molecular complexity index is 511. The number of benzene rings is 1. The van der Waals surface area contributed by atoms with E-state index >= 15 is 0 Å². The van der Waals surface area contributed by atoms with Gasteiger partial charge in [0.15, 0.2) is 0 Å². The molecule has 3 nitrogen and oxygen atoms in total. The van der Waals surface area contributed by atoms with Crippen LogP contribution in [0.5, 0.6) is 0 Å². The van der Waals surface area contributed by atoms with Gasteiger partial charge in [-0.15, -0.1) is 0 Å². The minimum atomic E-state index is 0.0331. The van der Waals surface area contributed by atoms with Gasteiger partial charge in [-0.2, -0.15) is 5.10 Å². The number of nitrogens with zero attached hydrogens (tertiary/aromatic N) is 2. The van der Waals surface area contributed by atoms with E-state index in [4.69, 9.17) is 5.73 Å². The molecule has 1 aromatic heterocycles. The van der Waals surface area contributed by atoms with E-state index in [1.807, 2.05) is 18.7 Å². The SMILES string of the molecule is CCc1ccc(C(N)Cc2cc(C)nn2C)cc1. The fraction of sp³-hybridized carbons (Fsp3) is 0.400. The first-order valence-corrected chi connectivity index (χ1v) is 6.44. The van der Waals surface area contributed by atoms with Crippen LogP contribution in [0.3, 0.4) is 0 Å². The molecule has 96 valence electrons. The summed E-state index contributed by atoms with van der Waals surface area (Å²) in [5.74, 6) is 0. The zero-order valence-corrected chi connectivity index (χ0v) is 11.4. The largest absolute Gasteiger partial charge is 0.324 e. The van der Waals surface area contributed by atoms with Crippen molar-refractivity contribution >= 4 is 0 Å². The summed E-state index contributed by atoms with van der Waals surface area (Å²) in [6, 6.07) is 10.7. The van der Waals surface area contributed by atoms with Gasteiger partial charge in [-0.1, -0.05) is 31.2 Å². The van der Waals surface area contributed by atoms with Crippen LogP contribution in [0.15, 0.2) is 30.3 Å². The summed E-state index contributed by atoms with van der Waals surface area (Å²) in [7, 11) is 1.97. The summed E-state index contributed by atoms with van der Waals surface area (Å²) in [4.78, 5) is 0. The summed E-state index contributed by atoms with van der Waals surface area (Å²) in [5, 5.41) is 4.35. The van der Waals surface area contributed by atoms with Gasteiger partial charge in [0.1, 0.15) is 0 Å². The van der Waals surface area contributed by atoms with Crippen LogP contribution < -0.4 is 5.73 Å². The van der Waals surface area contributed by atoms with Gasteiger partial charge < -0.3 is 5.73 Å². The molecule has 2 N–H and O–H groups in total. The summed E-state index contributed by atoms with van der Waals surface area (Å²) >= 11 is 0. The molecule has 0 aliphatic carbocycles. The Labute approximate surface area is 109 Å². The molecule has 0 fully saturated rings. The standard InChI is InChI=1S/C15H21N3/c1-4-12-5-7-13(8-6-12)15(16)10-14-9-11(2)17-18(14)3/h5-9,15H,4,10,16H2,1-3H3. The average molecular weight is 243 g/mol. The molecule has 0 spiro atoms. The minimum Gasteiger partial charge on any atom is -0.324 e. The van der Waals surface area contributed by atoms with Gasteiger partial charge in [0, 0.05) is 25.2 Å². The monoisotopic (exact) mass is 243 g/mol. The van der Waals surface area contributed by atoms with Crippen molar-refractivity contribution in [1.29, 1.82) is 0 Å². The molecule has 0 aliphatic heterocycles. The molecule has 3 heteroatoms. The Balaban J connectivity index is 2.11. The van der Waals surface area contributed by atoms with E-state index in [9.17, 15) is 0 Å². The maximum Gasteiger partial charge on any atom is 0.0596 e. The van der Waals surface area contributed by atoms with Gasteiger partial charge in [-0.25, -0.2) is 0 Å². The topological polar surface area (TPSA) is 43.8 Å². The third-order valence-corrected chi connectivity index (χ3v) is 3.34. The highest BCUT2D eigenvalue weighted by Gasteiger charge is 2.10. The predicted octanol–water partition coefficient (Wildman–Crippen LogP) is 2.53. The van der Waals surface area contributed by atoms with E-state index in [-0.39, 0.29) is 6.04 Å². The molecule has 0 aliphatic rings. The van der Waals surface area contributed by atoms with E-state index < -0.39 is 0 Å². The number of aromatic nitrogens is 2. The number of hydrogen-bond acceptors (Lipinski definition) is 2. The van der Waals surface area contributed by atoms with Crippen LogP contribution in [0.1, 0.15) is 35.5 Å². The zero-order valence-electron chi connectivity index (χ0n) is 11.4.